The molecular formula is C10H13NO3. The molecule has 14 heavy (non-hydrogen) atoms. The van der Waals surface area contributed by atoms with Gasteiger partial charge in [-0.15, -0.1) is 0 Å². The molecule has 2 rings (SSSR count). The van der Waals surface area contributed by atoms with Crippen LogP contribution in [0.5, 0.6) is 0 Å². The molecule has 4 nitrogen and oxygen atoms in total. The summed E-state index contributed by atoms with van der Waals surface area (Å²) in [4.78, 5) is 10.9. The number of rotatable bonds is 2. The van der Waals surface area contributed by atoms with Gasteiger partial charge in [0.1, 0.15) is 5.76 Å². The highest BCUT2D eigenvalue weighted by molar-refractivity contribution is 5.87. The molecule has 76 valence electrons. The predicted molar refractivity (Wildman–Crippen MR) is 50.3 cm³/mol. The van der Waals surface area contributed by atoms with Gasteiger partial charge in [-0.25, -0.2) is 4.79 Å². The number of aryl methyl sites for hydroxylation is 1. The van der Waals surface area contributed by atoms with Crippen LogP contribution in [0, 0.1) is 0 Å². The summed E-state index contributed by atoms with van der Waals surface area (Å²) < 4.78 is 5.29. The molecule has 1 aromatic rings. The number of carboxylic acids is 1. The molecule has 0 bridgehead atoms. The topological polar surface area (TPSA) is 76.5 Å². The standard InChI is InChI=1S/C10H13NO3/c1-2-7-8-5(3-4-6(8)11)9(14-7)10(12)13/h6H,2-4,11H2,1H3,(H,12,13). The van der Waals surface area contributed by atoms with E-state index in [0.717, 1.165) is 29.7 Å². The lowest BCUT2D eigenvalue weighted by Gasteiger charge is -2.02. The van der Waals surface area contributed by atoms with Crippen LogP contribution >= 0.6 is 0 Å². The molecule has 1 unspecified atom stereocenters. The lowest BCUT2D eigenvalue weighted by Crippen LogP contribution is -2.06. The Bertz CT molecular complexity index is 381. The quantitative estimate of drug-likeness (QED) is 0.749. The normalized spacial score (nSPS) is 19.7. The summed E-state index contributed by atoms with van der Waals surface area (Å²) in [7, 11) is 0. The minimum atomic E-state index is -0.991. The summed E-state index contributed by atoms with van der Waals surface area (Å²) in [5.74, 6) is -0.165. The average molecular weight is 195 g/mol. The first-order chi connectivity index (χ1) is 6.65. The number of fused-ring (bicyclic) bond motifs is 1. The number of hydrogen-bond acceptors (Lipinski definition) is 3. The third-order valence-electron chi connectivity index (χ3n) is 2.72. The van der Waals surface area contributed by atoms with Crippen molar-refractivity contribution in [1.29, 1.82) is 0 Å². The Morgan fingerprint density at radius 1 is 1.71 bits per heavy atom. The zero-order valence-electron chi connectivity index (χ0n) is 8.04. The van der Waals surface area contributed by atoms with Crippen molar-refractivity contribution in [3.63, 3.8) is 0 Å². The Hall–Kier alpha value is -1.29. The monoisotopic (exact) mass is 195 g/mol. The Kier molecular flexibility index (Phi) is 2.07. The zero-order chi connectivity index (χ0) is 10.3. The number of hydrogen-bond donors (Lipinski definition) is 2. The van der Waals surface area contributed by atoms with Gasteiger partial charge in [0, 0.05) is 23.6 Å². The predicted octanol–water partition coefficient (Wildman–Crippen LogP) is 1.49. The second kappa shape index (κ2) is 3.13. The van der Waals surface area contributed by atoms with Crippen molar-refractivity contribution < 1.29 is 14.3 Å². The van der Waals surface area contributed by atoms with E-state index in [1.807, 2.05) is 6.92 Å². The van der Waals surface area contributed by atoms with Gasteiger partial charge in [-0.3, -0.25) is 0 Å². The molecule has 4 heteroatoms. The fourth-order valence-electron chi connectivity index (χ4n) is 2.09. The molecule has 1 aromatic heterocycles. The third-order valence-corrected chi connectivity index (χ3v) is 2.72. The molecule has 1 aliphatic carbocycles. The van der Waals surface area contributed by atoms with Crippen LogP contribution in [0.1, 0.15) is 46.8 Å². The van der Waals surface area contributed by atoms with Crippen LogP contribution in [-0.4, -0.2) is 11.1 Å². The zero-order valence-corrected chi connectivity index (χ0v) is 8.04. The Morgan fingerprint density at radius 3 is 3.00 bits per heavy atom. The van der Waals surface area contributed by atoms with E-state index >= 15 is 0 Å². The summed E-state index contributed by atoms with van der Waals surface area (Å²) in [6, 6.07) is -0.0446. The van der Waals surface area contributed by atoms with Gasteiger partial charge < -0.3 is 15.3 Å². The van der Waals surface area contributed by atoms with E-state index in [4.69, 9.17) is 15.3 Å². The van der Waals surface area contributed by atoms with Crippen molar-refractivity contribution in [1.82, 2.24) is 0 Å². The second-order valence-corrected chi connectivity index (χ2v) is 3.55. The highest BCUT2D eigenvalue weighted by atomic mass is 16.4. The van der Waals surface area contributed by atoms with E-state index in [1.54, 1.807) is 0 Å². The molecule has 0 saturated heterocycles. The van der Waals surface area contributed by atoms with Crippen LogP contribution < -0.4 is 5.73 Å². The first kappa shape index (κ1) is 9.27. The smallest absolute Gasteiger partial charge is 0.372 e. The molecule has 1 heterocycles. The Balaban J connectivity index is 2.57. The fraction of sp³-hybridized carbons (Fsp3) is 0.500. The third kappa shape index (κ3) is 1.14. The molecule has 0 aliphatic heterocycles. The lowest BCUT2D eigenvalue weighted by atomic mass is 10.1. The van der Waals surface area contributed by atoms with Crippen LogP contribution in [-0.2, 0) is 12.8 Å². The summed E-state index contributed by atoms with van der Waals surface area (Å²) in [6.45, 7) is 1.94. The maximum Gasteiger partial charge on any atom is 0.372 e. The molecule has 0 radical (unpaired) electrons. The van der Waals surface area contributed by atoms with Gasteiger partial charge in [0.2, 0.25) is 5.76 Å². The van der Waals surface area contributed by atoms with Crippen LogP contribution in [0.4, 0.5) is 0 Å². The van der Waals surface area contributed by atoms with E-state index in [-0.39, 0.29) is 11.8 Å². The molecule has 3 N–H and O–H groups in total. The number of aromatic carboxylic acids is 1. The molecule has 0 spiro atoms. The first-order valence-electron chi connectivity index (χ1n) is 4.78. The molecule has 1 atom stereocenters. The van der Waals surface area contributed by atoms with Crippen molar-refractivity contribution in [2.45, 2.75) is 32.2 Å². The van der Waals surface area contributed by atoms with Crippen molar-refractivity contribution in [3.8, 4) is 0 Å². The van der Waals surface area contributed by atoms with Gasteiger partial charge in [0.25, 0.3) is 0 Å². The lowest BCUT2D eigenvalue weighted by molar-refractivity contribution is 0.0658. The van der Waals surface area contributed by atoms with Crippen LogP contribution in [0.15, 0.2) is 4.42 Å². The maximum absolute atomic E-state index is 10.9. The first-order valence-corrected chi connectivity index (χ1v) is 4.78. The molecule has 0 aromatic carbocycles. The van der Waals surface area contributed by atoms with Gasteiger partial charge >= 0.3 is 5.97 Å². The van der Waals surface area contributed by atoms with Crippen LogP contribution in [0.3, 0.4) is 0 Å². The second-order valence-electron chi connectivity index (χ2n) is 3.55. The van der Waals surface area contributed by atoms with Crippen molar-refractivity contribution in [3.05, 3.63) is 22.6 Å². The molecule has 0 saturated carbocycles. The van der Waals surface area contributed by atoms with Gasteiger partial charge in [0.15, 0.2) is 0 Å². The van der Waals surface area contributed by atoms with E-state index in [0.29, 0.717) is 6.42 Å². The molecule has 0 fully saturated rings. The van der Waals surface area contributed by atoms with Gasteiger partial charge in [0.05, 0.1) is 0 Å². The number of nitrogens with two attached hydrogens (primary N) is 1. The molecule has 0 amide bonds. The summed E-state index contributed by atoms with van der Waals surface area (Å²) >= 11 is 0. The number of carboxylic acid groups (broad SMARTS) is 1. The highest BCUT2D eigenvalue weighted by Gasteiger charge is 2.31. The number of furan rings is 1. The molecular weight excluding hydrogens is 182 g/mol. The van der Waals surface area contributed by atoms with E-state index in [1.165, 1.54) is 0 Å². The Morgan fingerprint density at radius 2 is 2.43 bits per heavy atom. The van der Waals surface area contributed by atoms with Crippen molar-refractivity contribution in [2.24, 2.45) is 5.73 Å². The average Bonchev–Trinajstić information content (AvgIpc) is 2.66. The summed E-state index contributed by atoms with van der Waals surface area (Å²) in [5, 5.41) is 8.91. The number of carbonyl (C=O) groups is 1. The van der Waals surface area contributed by atoms with E-state index < -0.39 is 5.97 Å². The summed E-state index contributed by atoms with van der Waals surface area (Å²) in [5.41, 5.74) is 7.63. The SMILES string of the molecule is CCc1oc(C(=O)O)c2c1C(N)CC2. The van der Waals surface area contributed by atoms with E-state index in [2.05, 4.69) is 0 Å². The van der Waals surface area contributed by atoms with E-state index in [9.17, 15) is 4.79 Å². The summed E-state index contributed by atoms with van der Waals surface area (Å²) in [6.07, 6.45) is 2.25. The minimum absolute atomic E-state index is 0.0446. The maximum atomic E-state index is 10.9. The van der Waals surface area contributed by atoms with Gasteiger partial charge in [-0.05, 0) is 12.8 Å². The van der Waals surface area contributed by atoms with Crippen LogP contribution in [0.25, 0.3) is 0 Å². The van der Waals surface area contributed by atoms with Gasteiger partial charge in [-0.2, -0.15) is 0 Å². The minimum Gasteiger partial charge on any atom is -0.475 e. The van der Waals surface area contributed by atoms with Crippen LogP contribution in [0.2, 0.25) is 0 Å². The largest absolute Gasteiger partial charge is 0.475 e. The van der Waals surface area contributed by atoms with Gasteiger partial charge in [-0.1, -0.05) is 6.92 Å². The highest BCUT2D eigenvalue weighted by Crippen LogP contribution is 2.36. The fourth-order valence-corrected chi connectivity index (χ4v) is 2.09. The molecule has 1 aliphatic rings. The Labute approximate surface area is 81.7 Å². The van der Waals surface area contributed by atoms with Crippen molar-refractivity contribution >= 4 is 5.97 Å². The van der Waals surface area contributed by atoms with Crippen molar-refractivity contribution in [2.75, 3.05) is 0 Å².